The number of ether oxygens (including phenoxy) is 1. The van der Waals surface area contributed by atoms with Crippen molar-refractivity contribution < 1.29 is 9.53 Å². The number of carbonyl (C=O) groups excluding carboxylic acids is 1. The van der Waals surface area contributed by atoms with Crippen LogP contribution >= 0.6 is 22.6 Å². The van der Waals surface area contributed by atoms with E-state index in [4.69, 9.17) is 10.5 Å². The lowest BCUT2D eigenvalue weighted by atomic mass is 9.56. The van der Waals surface area contributed by atoms with Crippen LogP contribution in [0.3, 0.4) is 0 Å². The highest BCUT2D eigenvalue weighted by molar-refractivity contribution is 14.1. The third kappa shape index (κ3) is 6.58. The first-order valence-electron chi connectivity index (χ1n) is 11.7. The monoisotopic (exact) mass is 505 g/mol. The average molecular weight is 506 g/mol. The number of esters is 1. The van der Waals surface area contributed by atoms with E-state index in [-0.39, 0.29) is 5.97 Å². The van der Waals surface area contributed by atoms with Gasteiger partial charge in [-0.25, -0.2) is 0 Å². The summed E-state index contributed by atoms with van der Waals surface area (Å²) in [4.78, 5) is 11.6. The first-order valence-corrected chi connectivity index (χ1v) is 13.2. The number of alkyl halides is 1. The minimum atomic E-state index is -0.0503. The fourth-order valence-electron chi connectivity index (χ4n) is 6.21. The van der Waals surface area contributed by atoms with Gasteiger partial charge in [-0.15, -0.1) is 0 Å². The lowest BCUT2D eigenvalue weighted by molar-refractivity contribution is -0.141. The third-order valence-electron chi connectivity index (χ3n) is 8.40. The van der Waals surface area contributed by atoms with Crippen molar-refractivity contribution in [2.45, 2.75) is 97.4 Å². The van der Waals surface area contributed by atoms with Gasteiger partial charge in [0.25, 0.3) is 0 Å². The topological polar surface area (TPSA) is 52.3 Å². The second kappa shape index (κ2) is 11.5. The van der Waals surface area contributed by atoms with Crippen LogP contribution in [0.25, 0.3) is 0 Å². The van der Waals surface area contributed by atoms with Crippen molar-refractivity contribution in [2.75, 3.05) is 11.5 Å². The van der Waals surface area contributed by atoms with E-state index in [1.54, 1.807) is 0 Å². The molecule has 2 rings (SSSR count). The van der Waals surface area contributed by atoms with E-state index in [9.17, 15) is 4.79 Å². The van der Waals surface area contributed by atoms with Crippen molar-refractivity contribution in [3.05, 3.63) is 0 Å². The molecule has 2 fully saturated rings. The molecule has 3 nitrogen and oxygen atoms in total. The standard InChI is InChI=1S/C24H44INO2/c1-17-5-7-19(8-10-23(27)28-4)18(2)6-9-20(15-17)24(3)13-11-22(26)16-21(24)12-14-25/h17-22H,5-16,26H2,1-4H3/t17?,18-,19?,20?,21?,22-,24?/m0/s1. The molecule has 28 heavy (non-hydrogen) atoms. The average Bonchev–Trinajstić information content (AvgIpc) is 2.73. The van der Waals surface area contributed by atoms with Crippen LogP contribution < -0.4 is 5.73 Å². The van der Waals surface area contributed by atoms with Crippen LogP contribution in [0.4, 0.5) is 0 Å². The molecule has 0 aromatic rings. The van der Waals surface area contributed by atoms with Gasteiger partial charge in [-0.3, -0.25) is 4.79 Å². The van der Waals surface area contributed by atoms with Crippen LogP contribution in [0, 0.1) is 35.0 Å². The SMILES string of the molecule is COC(=O)CCC1CCC(C)CC(C2(C)CC[C@H](N)CC2CCI)CC[C@@H]1C. The molecule has 0 amide bonds. The molecule has 0 saturated heterocycles. The van der Waals surface area contributed by atoms with Crippen molar-refractivity contribution in [1.29, 1.82) is 0 Å². The molecule has 4 heteroatoms. The predicted octanol–water partition coefficient (Wildman–Crippen LogP) is 6.37. The molecule has 0 aliphatic heterocycles. The minimum Gasteiger partial charge on any atom is -0.469 e. The Bertz CT molecular complexity index is 485. The molecule has 164 valence electrons. The first-order chi connectivity index (χ1) is 13.3. The largest absolute Gasteiger partial charge is 0.469 e. The summed E-state index contributed by atoms with van der Waals surface area (Å²) < 4.78 is 6.13. The van der Waals surface area contributed by atoms with E-state index in [0.717, 1.165) is 24.2 Å². The van der Waals surface area contributed by atoms with Gasteiger partial charge in [-0.05, 0) is 90.8 Å². The number of rotatable bonds is 6. The van der Waals surface area contributed by atoms with Crippen molar-refractivity contribution >= 4 is 28.6 Å². The van der Waals surface area contributed by atoms with Gasteiger partial charge >= 0.3 is 5.97 Å². The maximum Gasteiger partial charge on any atom is 0.305 e. The first kappa shape index (κ1) is 24.4. The van der Waals surface area contributed by atoms with Crippen LogP contribution in [0.5, 0.6) is 0 Å². The highest BCUT2D eigenvalue weighted by Gasteiger charge is 2.44. The van der Waals surface area contributed by atoms with Crippen LogP contribution in [0.15, 0.2) is 0 Å². The minimum absolute atomic E-state index is 0.0503. The van der Waals surface area contributed by atoms with Gasteiger partial charge in [0, 0.05) is 12.5 Å². The lowest BCUT2D eigenvalue weighted by Crippen LogP contribution is -2.45. The highest BCUT2D eigenvalue weighted by atomic mass is 127. The van der Waals surface area contributed by atoms with E-state index in [0.29, 0.717) is 29.7 Å². The quantitative estimate of drug-likeness (QED) is 0.259. The van der Waals surface area contributed by atoms with Crippen LogP contribution in [0.2, 0.25) is 0 Å². The van der Waals surface area contributed by atoms with Crippen molar-refractivity contribution in [2.24, 2.45) is 40.7 Å². The molecule has 2 aliphatic rings. The van der Waals surface area contributed by atoms with Crippen LogP contribution in [-0.4, -0.2) is 23.5 Å². The van der Waals surface area contributed by atoms with E-state index in [1.807, 2.05) is 0 Å². The van der Waals surface area contributed by atoms with Gasteiger partial charge in [0.2, 0.25) is 0 Å². The molecular weight excluding hydrogens is 461 g/mol. The van der Waals surface area contributed by atoms with E-state index >= 15 is 0 Å². The second-order valence-corrected chi connectivity index (χ2v) is 11.3. The zero-order valence-electron chi connectivity index (χ0n) is 18.7. The molecular formula is C24H44INO2. The second-order valence-electron chi connectivity index (χ2n) is 10.3. The molecule has 2 saturated carbocycles. The Labute approximate surface area is 187 Å². The summed E-state index contributed by atoms with van der Waals surface area (Å²) in [7, 11) is 1.50. The van der Waals surface area contributed by atoms with Gasteiger partial charge in [0.05, 0.1) is 7.11 Å². The zero-order valence-corrected chi connectivity index (χ0v) is 20.9. The van der Waals surface area contributed by atoms with Gasteiger partial charge in [0.15, 0.2) is 0 Å². The fraction of sp³-hybridized carbons (Fsp3) is 0.958. The highest BCUT2D eigenvalue weighted by Crippen LogP contribution is 2.52. The summed E-state index contributed by atoms with van der Waals surface area (Å²) in [6.07, 6.45) is 13.2. The van der Waals surface area contributed by atoms with Crippen molar-refractivity contribution in [1.82, 2.24) is 0 Å². The van der Waals surface area contributed by atoms with Crippen LogP contribution in [-0.2, 0) is 9.53 Å². The van der Waals surface area contributed by atoms with E-state index in [2.05, 4.69) is 43.4 Å². The molecule has 0 radical (unpaired) electrons. The molecule has 0 heterocycles. The van der Waals surface area contributed by atoms with Crippen molar-refractivity contribution in [3.8, 4) is 0 Å². The van der Waals surface area contributed by atoms with Gasteiger partial charge in [-0.1, -0.05) is 56.2 Å². The lowest BCUT2D eigenvalue weighted by Gasteiger charge is -2.50. The molecule has 0 aromatic carbocycles. The molecule has 2 aliphatic carbocycles. The van der Waals surface area contributed by atoms with Gasteiger partial charge < -0.3 is 10.5 Å². The Morgan fingerprint density at radius 3 is 2.54 bits per heavy atom. The predicted molar refractivity (Wildman–Crippen MR) is 127 cm³/mol. The molecule has 0 bridgehead atoms. The molecule has 7 atom stereocenters. The smallest absolute Gasteiger partial charge is 0.305 e. The molecule has 0 spiro atoms. The summed E-state index contributed by atoms with van der Waals surface area (Å²) in [6, 6.07) is 0.413. The Morgan fingerprint density at radius 2 is 1.86 bits per heavy atom. The van der Waals surface area contributed by atoms with Crippen LogP contribution in [0.1, 0.15) is 91.4 Å². The fourth-order valence-corrected chi connectivity index (χ4v) is 6.96. The Balaban J connectivity index is 2.09. The number of nitrogens with two attached hydrogens (primary N) is 1. The number of halogens is 1. The van der Waals surface area contributed by atoms with E-state index in [1.165, 1.54) is 69.3 Å². The zero-order chi connectivity index (χ0) is 20.7. The third-order valence-corrected chi connectivity index (χ3v) is 9.03. The summed E-state index contributed by atoms with van der Waals surface area (Å²) in [5, 5.41) is 0. The summed E-state index contributed by atoms with van der Waals surface area (Å²) >= 11 is 2.55. The summed E-state index contributed by atoms with van der Waals surface area (Å²) in [5.74, 6) is 3.71. The number of hydrogen-bond acceptors (Lipinski definition) is 3. The normalized spacial score (nSPS) is 40.2. The maximum atomic E-state index is 11.6. The van der Waals surface area contributed by atoms with Gasteiger partial charge in [0.1, 0.15) is 0 Å². The molecule has 0 aromatic heterocycles. The Morgan fingerprint density at radius 1 is 1.11 bits per heavy atom. The molecule has 2 N–H and O–H groups in total. The van der Waals surface area contributed by atoms with Crippen molar-refractivity contribution in [3.63, 3.8) is 0 Å². The molecule has 5 unspecified atom stereocenters. The Kier molecular flexibility index (Phi) is 10.1. The number of methoxy groups -OCH3 is 1. The summed E-state index contributed by atoms with van der Waals surface area (Å²) in [5.41, 5.74) is 6.84. The van der Waals surface area contributed by atoms with E-state index < -0.39 is 0 Å². The Hall–Kier alpha value is 0.160. The van der Waals surface area contributed by atoms with Gasteiger partial charge in [-0.2, -0.15) is 0 Å². The summed E-state index contributed by atoms with van der Waals surface area (Å²) in [6.45, 7) is 7.49. The number of carbonyl (C=O) groups is 1. The maximum absolute atomic E-state index is 11.6. The number of hydrogen-bond donors (Lipinski definition) is 1.